The number of carbonyl (C=O) groups is 1. The molecule has 19 heavy (non-hydrogen) atoms. The molecule has 1 aliphatic heterocycles. The number of halogens is 2. The van der Waals surface area contributed by atoms with E-state index in [9.17, 15) is 13.6 Å². The molecule has 1 heterocycles. The van der Waals surface area contributed by atoms with Crippen LogP contribution in [0.1, 0.15) is 32.6 Å². The lowest BCUT2D eigenvalue weighted by Crippen LogP contribution is -2.36. The summed E-state index contributed by atoms with van der Waals surface area (Å²) in [6.07, 6.45) is 3.65. The Balaban J connectivity index is 1.90. The van der Waals surface area contributed by atoms with E-state index in [-0.39, 0.29) is 6.61 Å². The molecule has 0 amide bonds. The highest BCUT2D eigenvalue weighted by Gasteiger charge is 2.33. The summed E-state index contributed by atoms with van der Waals surface area (Å²) < 4.78 is 34.7. The van der Waals surface area contributed by atoms with Gasteiger partial charge >= 0.3 is 11.9 Å². The van der Waals surface area contributed by atoms with E-state index < -0.39 is 11.9 Å². The molecule has 0 saturated carbocycles. The number of rotatable bonds is 8. The first kappa shape index (κ1) is 16.3. The summed E-state index contributed by atoms with van der Waals surface area (Å²) in [5.74, 6) is -4.81. The van der Waals surface area contributed by atoms with Crippen LogP contribution >= 0.6 is 0 Å². The van der Waals surface area contributed by atoms with Crippen LogP contribution in [0.25, 0.3) is 0 Å². The Kier molecular flexibility index (Phi) is 7.23. The lowest BCUT2D eigenvalue weighted by atomic mass is 10.2. The zero-order valence-electron chi connectivity index (χ0n) is 11.5. The van der Waals surface area contributed by atoms with E-state index >= 15 is 0 Å². The van der Waals surface area contributed by atoms with Crippen molar-refractivity contribution in [3.63, 3.8) is 0 Å². The van der Waals surface area contributed by atoms with Gasteiger partial charge in [-0.1, -0.05) is 12.8 Å². The SMILES string of the molecule is CC(F)(F)C(=O)OCCCCCCN1CCOCC1. The fourth-order valence-corrected chi connectivity index (χ4v) is 1.91. The van der Waals surface area contributed by atoms with E-state index in [1.54, 1.807) is 0 Å². The summed E-state index contributed by atoms with van der Waals surface area (Å²) in [4.78, 5) is 13.1. The van der Waals surface area contributed by atoms with Crippen molar-refractivity contribution >= 4 is 5.97 Å². The standard InChI is InChI=1S/C13H23F2NO3/c1-13(14,15)12(17)19-9-5-3-2-4-6-16-7-10-18-11-8-16/h2-11H2,1H3. The highest BCUT2D eigenvalue weighted by molar-refractivity contribution is 5.76. The minimum absolute atomic E-state index is 0.0832. The number of alkyl halides is 2. The van der Waals surface area contributed by atoms with Gasteiger partial charge in [0.15, 0.2) is 0 Å². The second kappa shape index (κ2) is 8.43. The van der Waals surface area contributed by atoms with Gasteiger partial charge in [-0.25, -0.2) is 4.79 Å². The molecule has 0 bridgehead atoms. The van der Waals surface area contributed by atoms with Gasteiger partial charge in [0.1, 0.15) is 0 Å². The van der Waals surface area contributed by atoms with Gasteiger partial charge < -0.3 is 9.47 Å². The third-order valence-electron chi connectivity index (χ3n) is 3.06. The van der Waals surface area contributed by atoms with Gasteiger partial charge in [-0.2, -0.15) is 8.78 Å². The number of nitrogens with zero attached hydrogens (tertiary/aromatic N) is 1. The molecule has 1 aliphatic rings. The average molecular weight is 279 g/mol. The zero-order chi connectivity index (χ0) is 14.1. The van der Waals surface area contributed by atoms with Gasteiger partial charge in [-0.05, 0) is 19.4 Å². The van der Waals surface area contributed by atoms with E-state index in [2.05, 4.69) is 9.64 Å². The summed E-state index contributed by atoms with van der Waals surface area (Å²) in [5.41, 5.74) is 0. The third kappa shape index (κ3) is 7.42. The Morgan fingerprint density at radius 2 is 1.84 bits per heavy atom. The molecule has 112 valence electrons. The Morgan fingerprint density at radius 1 is 1.21 bits per heavy atom. The Morgan fingerprint density at radius 3 is 2.47 bits per heavy atom. The predicted octanol–water partition coefficient (Wildman–Crippen LogP) is 2.08. The molecular formula is C13H23F2NO3. The molecule has 0 radical (unpaired) electrons. The van der Waals surface area contributed by atoms with Gasteiger partial charge in [-0.15, -0.1) is 0 Å². The number of carbonyl (C=O) groups excluding carboxylic acids is 1. The largest absolute Gasteiger partial charge is 0.461 e. The van der Waals surface area contributed by atoms with Gasteiger partial charge in [0.2, 0.25) is 0 Å². The highest BCUT2D eigenvalue weighted by Crippen LogP contribution is 2.14. The van der Waals surface area contributed by atoms with Crippen LogP contribution in [0.4, 0.5) is 8.78 Å². The smallest absolute Gasteiger partial charge is 0.376 e. The number of ether oxygens (including phenoxy) is 2. The molecule has 4 nitrogen and oxygen atoms in total. The first-order valence-electron chi connectivity index (χ1n) is 6.85. The lowest BCUT2D eigenvalue weighted by molar-refractivity contribution is -0.169. The molecule has 0 aliphatic carbocycles. The predicted molar refractivity (Wildman–Crippen MR) is 67.3 cm³/mol. The number of hydrogen-bond donors (Lipinski definition) is 0. The van der Waals surface area contributed by atoms with Crippen LogP contribution < -0.4 is 0 Å². The fraction of sp³-hybridized carbons (Fsp3) is 0.923. The number of unbranched alkanes of at least 4 members (excludes halogenated alkanes) is 3. The fourth-order valence-electron chi connectivity index (χ4n) is 1.91. The van der Waals surface area contributed by atoms with Crippen LogP contribution in [0.3, 0.4) is 0 Å². The number of esters is 1. The average Bonchev–Trinajstić information content (AvgIpc) is 2.37. The first-order chi connectivity index (χ1) is 9.00. The van der Waals surface area contributed by atoms with Crippen molar-refractivity contribution in [1.29, 1.82) is 0 Å². The topological polar surface area (TPSA) is 38.8 Å². The molecule has 0 unspecified atom stereocenters. The van der Waals surface area contributed by atoms with Crippen LogP contribution in [0.15, 0.2) is 0 Å². The monoisotopic (exact) mass is 279 g/mol. The maximum Gasteiger partial charge on any atom is 0.376 e. The highest BCUT2D eigenvalue weighted by atomic mass is 19.3. The van der Waals surface area contributed by atoms with Crippen LogP contribution in [0.2, 0.25) is 0 Å². The molecule has 1 saturated heterocycles. The number of hydrogen-bond acceptors (Lipinski definition) is 4. The van der Waals surface area contributed by atoms with Gasteiger partial charge in [0.05, 0.1) is 19.8 Å². The molecule has 1 fully saturated rings. The molecular weight excluding hydrogens is 256 g/mol. The van der Waals surface area contributed by atoms with E-state index in [4.69, 9.17) is 4.74 Å². The quantitative estimate of drug-likeness (QED) is 0.504. The lowest BCUT2D eigenvalue weighted by Gasteiger charge is -2.26. The van der Waals surface area contributed by atoms with Crippen molar-refractivity contribution in [3.8, 4) is 0 Å². The van der Waals surface area contributed by atoms with Crippen molar-refractivity contribution in [2.45, 2.75) is 38.5 Å². The Labute approximate surface area is 113 Å². The second-order valence-electron chi connectivity index (χ2n) is 4.89. The normalized spacial score (nSPS) is 17.4. The van der Waals surface area contributed by atoms with Gasteiger partial charge in [0.25, 0.3) is 0 Å². The molecule has 0 aromatic heterocycles. The minimum atomic E-state index is -3.38. The molecule has 0 N–H and O–H groups in total. The minimum Gasteiger partial charge on any atom is -0.461 e. The Bertz CT molecular complexity index is 263. The zero-order valence-corrected chi connectivity index (χ0v) is 11.5. The van der Waals surface area contributed by atoms with E-state index in [1.165, 1.54) is 0 Å². The summed E-state index contributed by atoms with van der Waals surface area (Å²) >= 11 is 0. The van der Waals surface area contributed by atoms with E-state index in [0.717, 1.165) is 52.1 Å². The van der Waals surface area contributed by atoms with Crippen molar-refractivity contribution < 1.29 is 23.0 Å². The summed E-state index contributed by atoms with van der Waals surface area (Å²) in [6, 6.07) is 0. The van der Waals surface area contributed by atoms with Gasteiger partial charge in [-0.3, -0.25) is 4.90 Å². The Hall–Kier alpha value is -0.750. The third-order valence-corrected chi connectivity index (χ3v) is 3.06. The van der Waals surface area contributed by atoms with Crippen LogP contribution in [-0.4, -0.2) is 56.2 Å². The van der Waals surface area contributed by atoms with Crippen molar-refractivity contribution in [2.24, 2.45) is 0 Å². The maximum atomic E-state index is 12.5. The second-order valence-corrected chi connectivity index (χ2v) is 4.89. The van der Waals surface area contributed by atoms with Crippen LogP contribution in [-0.2, 0) is 14.3 Å². The van der Waals surface area contributed by atoms with E-state index in [0.29, 0.717) is 13.3 Å². The number of morpholine rings is 1. The van der Waals surface area contributed by atoms with Crippen molar-refractivity contribution in [1.82, 2.24) is 4.90 Å². The summed E-state index contributed by atoms with van der Waals surface area (Å²) in [6.45, 7) is 5.28. The maximum absolute atomic E-state index is 12.5. The summed E-state index contributed by atoms with van der Waals surface area (Å²) in [7, 11) is 0. The summed E-state index contributed by atoms with van der Waals surface area (Å²) in [5, 5.41) is 0. The first-order valence-corrected chi connectivity index (χ1v) is 6.85. The van der Waals surface area contributed by atoms with Crippen molar-refractivity contribution in [2.75, 3.05) is 39.5 Å². The molecule has 0 spiro atoms. The van der Waals surface area contributed by atoms with E-state index in [1.807, 2.05) is 0 Å². The molecule has 6 heteroatoms. The molecule has 1 rings (SSSR count). The van der Waals surface area contributed by atoms with Crippen LogP contribution in [0.5, 0.6) is 0 Å². The molecule has 0 aromatic rings. The van der Waals surface area contributed by atoms with Crippen LogP contribution in [0, 0.1) is 0 Å². The van der Waals surface area contributed by atoms with Gasteiger partial charge in [0, 0.05) is 20.0 Å². The molecule has 0 atom stereocenters. The van der Waals surface area contributed by atoms with Crippen molar-refractivity contribution in [3.05, 3.63) is 0 Å². The molecule has 0 aromatic carbocycles.